The Morgan fingerprint density at radius 1 is 0.923 bits per heavy atom. The summed E-state index contributed by atoms with van der Waals surface area (Å²) in [5.74, 6) is 1.53. The van der Waals surface area contributed by atoms with Crippen LogP contribution < -0.4 is 4.90 Å². The normalized spacial score (nSPS) is 14.5. The molecule has 1 saturated heterocycles. The zero-order valence-corrected chi connectivity index (χ0v) is 14.5. The number of hydrogen-bond donors (Lipinski definition) is 0. The van der Waals surface area contributed by atoms with Crippen LogP contribution in [-0.4, -0.2) is 61.7 Å². The van der Waals surface area contributed by atoms with Gasteiger partial charge in [-0.15, -0.1) is 10.2 Å². The first-order valence-electron chi connectivity index (χ1n) is 8.51. The summed E-state index contributed by atoms with van der Waals surface area (Å²) < 4.78 is 1.91. The minimum atomic E-state index is -0.0776. The molecular weight excluding hydrogens is 330 g/mol. The maximum atomic E-state index is 12.5. The Kier molecular flexibility index (Phi) is 4.30. The average Bonchev–Trinajstić information content (AvgIpc) is 3.23. The number of anilines is 1. The highest BCUT2D eigenvalue weighted by Gasteiger charge is 2.24. The van der Waals surface area contributed by atoms with Crippen LogP contribution in [0.3, 0.4) is 0 Å². The maximum absolute atomic E-state index is 12.5. The SMILES string of the molecule is Cc1cnc(C(=O)N2CCN(c3ccc(-n4cccc4)nn3)CC2)cn1. The van der Waals surface area contributed by atoms with Crippen molar-refractivity contribution in [2.24, 2.45) is 0 Å². The maximum Gasteiger partial charge on any atom is 0.274 e. The topological polar surface area (TPSA) is 80.0 Å². The number of aryl methyl sites for hydroxylation is 1. The number of hydrogen-bond acceptors (Lipinski definition) is 6. The van der Waals surface area contributed by atoms with E-state index in [1.165, 1.54) is 6.20 Å². The first-order valence-corrected chi connectivity index (χ1v) is 8.51. The molecule has 1 fully saturated rings. The molecule has 1 amide bonds. The van der Waals surface area contributed by atoms with Crippen molar-refractivity contribution in [2.75, 3.05) is 31.1 Å². The molecule has 0 atom stereocenters. The smallest absolute Gasteiger partial charge is 0.274 e. The Bertz CT molecular complexity index is 867. The summed E-state index contributed by atoms with van der Waals surface area (Å²) in [5.41, 5.74) is 1.19. The summed E-state index contributed by atoms with van der Waals surface area (Å²) in [6, 6.07) is 7.81. The van der Waals surface area contributed by atoms with Gasteiger partial charge in [-0.25, -0.2) is 4.98 Å². The molecule has 3 aromatic rings. The van der Waals surface area contributed by atoms with Crippen LogP contribution in [0.25, 0.3) is 5.82 Å². The summed E-state index contributed by atoms with van der Waals surface area (Å²) in [4.78, 5) is 24.8. The van der Waals surface area contributed by atoms with Gasteiger partial charge in [0.15, 0.2) is 11.6 Å². The zero-order valence-electron chi connectivity index (χ0n) is 14.5. The molecule has 132 valence electrons. The molecule has 3 aromatic heterocycles. The number of carbonyl (C=O) groups is 1. The molecule has 0 N–H and O–H groups in total. The molecule has 0 aromatic carbocycles. The highest BCUT2D eigenvalue weighted by atomic mass is 16.2. The Hall–Kier alpha value is -3.29. The van der Waals surface area contributed by atoms with Crippen molar-refractivity contribution in [3.63, 3.8) is 0 Å². The Morgan fingerprint density at radius 2 is 1.62 bits per heavy atom. The van der Waals surface area contributed by atoms with Crippen LogP contribution in [0, 0.1) is 6.92 Å². The molecule has 1 aliphatic heterocycles. The van der Waals surface area contributed by atoms with E-state index in [2.05, 4.69) is 25.1 Å². The summed E-state index contributed by atoms with van der Waals surface area (Å²) >= 11 is 0. The third-order valence-electron chi connectivity index (χ3n) is 4.40. The van der Waals surface area contributed by atoms with Gasteiger partial charge in [-0.05, 0) is 31.2 Å². The number of amides is 1. The van der Waals surface area contributed by atoms with E-state index in [1.54, 1.807) is 11.1 Å². The van der Waals surface area contributed by atoms with E-state index in [-0.39, 0.29) is 5.91 Å². The number of nitrogens with zero attached hydrogens (tertiary/aromatic N) is 7. The van der Waals surface area contributed by atoms with Crippen molar-refractivity contribution < 1.29 is 4.79 Å². The van der Waals surface area contributed by atoms with Crippen LogP contribution in [0.4, 0.5) is 5.82 Å². The molecule has 1 aliphatic rings. The van der Waals surface area contributed by atoms with E-state index in [0.29, 0.717) is 31.9 Å². The number of piperazine rings is 1. The molecule has 4 rings (SSSR count). The molecule has 8 heteroatoms. The third-order valence-corrected chi connectivity index (χ3v) is 4.40. The van der Waals surface area contributed by atoms with E-state index in [1.807, 2.05) is 48.1 Å². The van der Waals surface area contributed by atoms with Crippen molar-refractivity contribution >= 4 is 11.7 Å². The van der Waals surface area contributed by atoms with Crippen molar-refractivity contribution in [3.8, 4) is 5.82 Å². The van der Waals surface area contributed by atoms with E-state index < -0.39 is 0 Å². The van der Waals surface area contributed by atoms with Gasteiger partial charge in [-0.3, -0.25) is 9.78 Å². The van der Waals surface area contributed by atoms with Gasteiger partial charge in [0.25, 0.3) is 5.91 Å². The average molecular weight is 349 g/mol. The minimum absolute atomic E-state index is 0.0776. The van der Waals surface area contributed by atoms with Crippen LogP contribution in [0.2, 0.25) is 0 Å². The van der Waals surface area contributed by atoms with Crippen LogP contribution in [-0.2, 0) is 0 Å². The quantitative estimate of drug-likeness (QED) is 0.710. The molecule has 0 aliphatic carbocycles. The lowest BCUT2D eigenvalue weighted by molar-refractivity contribution is 0.0740. The lowest BCUT2D eigenvalue weighted by Gasteiger charge is -2.35. The van der Waals surface area contributed by atoms with E-state index in [4.69, 9.17) is 0 Å². The standard InChI is InChI=1S/C18H19N7O/c1-14-12-20-15(13-19-14)18(26)25-10-8-24(9-11-25)17-5-4-16(21-22-17)23-6-2-3-7-23/h2-7,12-13H,8-11H2,1H3. The Labute approximate surface area is 151 Å². The van der Waals surface area contributed by atoms with Crippen LogP contribution >= 0.6 is 0 Å². The number of rotatable bonds is 3. The van der Waals surface area contributed by atoms with Crippen LogP contribution in [0.1, 0.15) is 16.2 Å². The van der Waals surface area contributed by atoms with Crippen molar-refractivity contribution in [1.29, 1.82) is 0 Å². The molecular formula is C18H19N7O. The monoisotopic (exact) mass is 349 g/mol. The highest BCUT2D eigenvalue weighted by molar-refractivity contribution is 5.92. The molecule has 0 saturated carbocycles. The molecule has 26 heavy (non-hydrogen) atoms. The Balaban J connectivity index is 1.39. The van der Waals surface area contributed by atoms with Gasteiger partial charge in [0, 0.05) is 44.8 Å². The van der Waals surface area contributed by atoms with Gasteiger partial charge >= 0.3 is 0 Å². The summed E-state index contributed by atoms with van der Waals surface area (Å²) in [6.07, 6.45) is 7.02. The molecule has 0 spiro atoms. The van der Waals surface area contributed by atoms with E-state index in [0.717, 1.165) is 17.3 Å². The fourth-order valence-corrected chi connectivity index (χ4v) is 2.92. The van der Waals surface area contributed by atoms with Gasteiger partial charge < -0.3 is 14.4 Å². The predicted octanol–water partition coefficient (Wildman–Crippen LogP) is 1.33. The van der Waals surface area contributed by atoms with Crippen LogP contribution in [0.5, 0.6) is 0 Å². The van der Waals surface area contributed by atoms with Gasteiger partial charge in [0.2, 0.25) is 0 Å². The fraction of sp³-hybridized carbons (Fsp3) is 0.278. The number of carbonyl (C=O) groups excluding carboxylic acids is 1. The molecule has 8 nitrogen and oxygen atoms in total. The van der Waals surface area contributed by atoms with Gasteiger partial charge in [0.05, 0.1) is 11.9 Å². The van der Waals surface area contributed by atoms with E-state index in [9.17, 15) is 4.79 Å². The van der Waals surface area contributed by atoms with Crippen molar-refractivity contribution in [1.82, 2.24) is 29.6 Å². The molecule has 4 heterocycles. The first-order chi connectivity index (χ1) is 12.7. The lowest BCUT2D eigenvalue weighted by Crippen LogP contribution is -2.49. The summed E-state index contributed by atoms with van der Waals surface area (Å²) in [6.45, 7) is 4.51. The lowest BCUT2D eigenvalue weighted by atomic mass is 10.2. The minimum Gasteiger partial charge on any atom is -0.352 e. The molecule has 0 bridgehead atoms. The Morgan fingerprint density at radius 3 is 2.23 bits per heavy atom. The van der Waals surface area contributed by atoms with Crippen molar-refractivity contribution in [2.45, 2.75) is 6.92 Å². The second-order valence-corrected chi connectivity index (χ2v) is 6.16. The second kappa shape index (κ2) is 6.91. The number of aromatic nitrogens is 5. The molecule has 0 radical (unpaired) electrons. The van der Waals surface area contributed by atoms with Gasteiger partial charge in [0.1, 0.15) is 5.69 Å². The summed E-state index contributed by atoms with van der Waals surface area (Å²) in [5, 5.41) is 8.60. The predicted molar refractivity (Wildman–Crippen MR) is 96.2 cm³/mol. The van der Waals surface area contributed by atoms with Crippen molar-refractivity contribution in [3.05, 3.63) is 60.4 Å². The van der Waals surface area contributed by atoms with Crippen LogP contribution in [0.15, 0.2) is 49.1 Å². The van der Waals surface area contributed by atoms with Gasteiger partial charge in [-0.1, -0.05) is 0 Å². The third kappa shape index (κ3) is 3.26. The largest absolute Gasteiger partial charge is 0.352 e. The zero-order chi connectivity index (χ0) is 17.9. The highest BCUT2D eigenvalue weighted by Crippen LogP contribution is 2.15. The molecule has 0 unspecified atom stereocenters. The first kappa shape index (κ1) is 16.2. The second-order valence-electron chi connectivity index (χ2n) is 6.16. The van der Waals surface area contributed by atoms with E-state index >= 15 is 0 Å². The fourth-order valence-electron chi connectivity index (χ4n) is 2.92. The summed E-state index contributed by atoms with van der Waals surface area (Å²) in [7, 11) is 0. The van der Waals surface area contributed by atoms with Gasteiger partial charge in [-0.2, -0.15) is 0 Å².